The normalized spacial score (nSPS) is 13.0. The van der Waals surface area contributed by atoms with E-state index in [9.17, 15) is 13.2 Å². The van der Waals surface area contributed by atoms with E-state index in [1.54, 1.807) is 32.9 Å². The molecule has 2 rings (SSSR count). The van der Waals surface area contributed by atoms with E-state index in [2.05, 4.69) is 23.9 Å². The fourth-order valence-electron chi connectivity index (χ4n) is 2.78. The molecule has 158 valence electrons. The van der Waals surface area contributed by atoms with E-state index in [0.717, 1.165) is 12.0 Å². The summed E-state index contributed by atoms with van der Waals surface area (Å²) in [4.78, 5) is 12.4. The fourth-order valence-corrected chi connectivity index (χ4v) is 4.25. The van der Waals surface area contributed by atoms with E-state index in [1.165, 1.54) is 12.1 Å². The predicted molar refractivity (Wildman–Crippen MR) is 116 cm³/mol. The van der Waals surface area contributed by atoms with Crippen LogP contribution in [0.4, 0.5) is 5.69 Å². The van der Waals surface area contributed by atoms with Crippen LogP contribution in [0, 0.1) is 0 Å². The molecule has 7 heteroatoms. The number of para-hydroxylation sites is 1. The molecular weight excluding hydrogens is 388 g/mol. The van der Waals surface area contributed by atoms with Crippen molar-refractivity contribution in [1.82, 2.24) is 4.72 Å². The predicted octanol–water partition coefficient (Wildman–Crippen LogP) is 4.29. The molecule has 0 fully saturated rings. The number of hydrogen-bond donors (Lipinski definition) is 2. The Hall–Kier alpha value is -2.38. The molecule has 1 atom stereocenters. The number of rotatable bonds is 8. The van der Waals surface area contributed by atoms with Crippen LogP contribution in [0.25, 0.3) is 0 Å². The van der Waals surface area contributed by atoms with Gasteiger partial charge in [-0.25, -0.2) is 13.1 Å². The molecule has 0 bridgehead atoms. The smallest absolute Gasteiger partial charge is 0.262 e. The summed E-state index contributed by atoms with van der Waals surface area (Å²) in [5.74, 6) is 0.649. The van der Waals surface area contributed by atoms with Gasteiger partial charge in [-0.05, 0) is 62.9 Å². The van der Waals surface area contributed by atoms with Crippen LogP contribution in [0.5, 0.6) is 5.75 Å². The Balaban J connectivity index is 2.06. The Kier molecular flexibility index (Phi) is 7.43. The molecule has 0 aliphatic carbocycles. The van der Waals surface area contributed by atoms with Crippen LogP contribution in [0.15, 0.2) is 53.4 Å². The minimum atomic E-state index is -3.68. The van der Waals surface area contributed by atoms with Crippen molar-refractivity contribution < 1.29 is 17.9 Å². The van der Waals surface area contributed by atoms with Gasteiger partial charge in [0.25, 0.3) is 5.91 Å². The van der Waals surface area contributed by atoms with Crippen molar-refractivity contribution in [3.8, 4) is 5.75 Å². The number of carbonyl (C=O) groups is 1. The van der Waals surface area contributed by atoms with Gasteiger partial charge >= 0.3 is 0 Å². The summed E-state index contributed by atoms with van der Waals surface area (Å²) in [6.07, 6.45) is 0.969. The minimum Gasteiger partial charge on any atom is -0.483 e. The Labute approximate surface area is 173 Å². The van der Waals surface area contributed by atoms with E-state index in [4.69, 9.17) is 4.74 Å². The number of anilines is 1. The number of ether oxygens (including phenoxy) is 1. The van der Waals surface area contributed by atoms with Crippen LogP contribution in [-0.4, -0.2) is 26.5 Å². The van der Waals surface area contributed by atoms with Crippen molar-refractivity contribution in [2.24, 2.45) is 0 Å². The Morgan fingerprint density at radius 2 is 1.79 bits per heavy atom. The van der Waals surface area contributed by atoms with Crippen LogP contribution in [0.1, 0.15) is 52.5 Å². The number of sulfonamides is 1. The molecule has 0 aromatic heterocycles. The van der Waals surface area contributed by atoms with Gasteiger partial charge in [0.15, 0.2) is 6.61 Å². The number of benzene rings is 2. The molecule has 2 aromatic rings. The summed E-state index contributed by atoms with van der Waals surface area (Å²) in [6, 6.07) is 13.8. The molecule has 0 aliphatic heterocycles. The van der Waals surface area contributed by atoms with E-state index in [-0.39, 0.29) is 17.4 Å². The highest BCUT2D eigenvalue weighted by Crippen LogP contribution is 2.28. The molecule has 0 heterocycles. The lowest BCUT2D eigenvalue weighted by molar-refractivity contribution is -0.118. The second-order valence-electron chi connectivity index (χ2n) is 8.07. The third-order valence-electron chi connectivity index (χ3n) is 4.29. The van der Waals surface area contributed by atoms with Crippen LogP contribution in [0.3, 0.4) is 0 Å². The molecule has 2 N–H and O–H groups in total. The molecule has 0 aliphatic rings. The number of amides is 1. The van der Waals surface area contributed by atoms with Crippen LogP contribution in [-0.2, 0) is 14.8 Å². The van der Waals surface area contributed by atoms with Gasteiger partial charge in [0.05, 0.1) is 4.90 Å². The summed E-state index contributed by atoms with van der Waals surface area (Å²) < 4.78 is 33.3. The van der Waals surface area contributed by atoms with Crippen LogP contribution < -0.4 is 14.8 Å². The van der Waals surface area contributed by atoms with Crippen molar-refractivity contribution in [3.05, 3.63) is 54.1 Å². The second-order valence-corrected chi connectivity index (χ2v) is 9.75. The zero-order chi connectivity index (χ0) is 21.7. The van der Waals surface area contributed by atoms with Gasteiger partial charge in [-0.2, -0.15) is 0 Å². The molecular formula is C22H30N2O4S. The Bertz CT molecular complexity index is 949. The Morgan fingerprint density at radius 1 is 1.10 bits per heavy atom. The van der Waals surface area contributed by atoms with Gasteiger partial charge in [0.1, 0.15) is 5.75 Å². The topological polar surface area (TPSA) is 84.5 Å². The molecule has 6 nitrogen and oxygen atoms in total. The molecule has 0 spiro atoms. The highest BCUT2D eigenvalue weighted by atomic mass is 32.2. The highest BCUT2D eigenvalue weighted by molar-refractivity contribution is 7.89. The zero-order valence-electron chi connectivity index (χ0n) is 17.7. The second kappa shape index (κ2) is 9.41. The van der Waals surface area contributed by atoms with Gasteiger partial charge in [0.2, 0.25) is 10.0 Å². The molecule has 1 amide bonds. The largest absolute Gasteiger partial charge is 0.483 e. The van der Waals surface area contributed by atoms with Crippen molar-refractivity contribution >= 4 is 21.6 Å². The molecule has 1 unspecified atom stereocenters. The first-order chi connectivity index (χ1) is 13.5. The summed E-state index contributed by atoms with van der Waals surface area (Å²) in [5, 5.41) is 2.69. The SMILES string of the molecule is CCC(C)c1ccccc1OCC(=O)Nc1cccc(S(=O)(=O)NC(C)(C)C)c1. The van der Waals surface area contributed by atoms with Crippen molar-refractivity contribution in [2.45, 2.75) is 57.4 Å². The minimum absolute atomic E-state index is 0.0910. The number of nitrogens with one attached hydrogen (secondary N) is 2. The molecule has 0 saturated carbocycles. The third kappa shape index (κ3) is 6.87. The van der Waals surface area contributed by atoms with E-state index in [0.29, 0.717) is 17.4 Å². The van der Waals surface area contributed by atoms with Gasteiger partial charge in [-0.1, -0.05) is 38.1 Å². The van der Waals surface area contributed by atoms with Crippen LogP contribution >= 0.6 is 0 Å². The average molecular weight is 419 g/mol. The van der Waals surface area contributed by atoms with E-state index >= 15 is 0 Å². The summed E-state index contributed by atoms with van der Waals surface area (Å²) in [6.45, 7) is 9.36. The third-order valence-corrected chi connectivity index (χ3v) is 6.05. The first kappa shape index (κ1) is 22.9. The van der Waals surface area contributed by atoms with Crippen molar-refractivity contribution in [1.29, 1.82) is 0 Å². The lowest BCUT2D eigenvalue weighted by atomic mass is 9.98. The molecule has 2 aromatic carbocycles. The van der Waals surface area contributed by atoms with Crippen molar-refractivity contribution in [3.63, 3.8) is 0 Å². The van der Waals surface area contributed by atoms with Gasteiger partial charge in [-0.15, -0.1) is 0 Å². The van der Waals surface area contributed by atoms with Gasteiger partial charge in [-0.3, -0.25) is 4.79 Å². The maximum Gasteiger partial charge on any atom is 0.262 e. The molecule has 29 heavy (non-hydrogen) atoms. The van der Waals surface area contributed by atoms with Crippen LogP contribution in [0.2, 0.25) is 0 Å². The zero-order valence-corrected chi connectivity index (χ0v) is 18.5. The average Bonchev–Trinajstić information content (AvgIpc) is 2.64. The lowest BCUT2D eigenvalue weighted by Crippen LogP contribution is -2.40. The summed E-state index contributed by atoms with van der Waals surface area (Å²) >= 11 is 0. The summed E-state index contributed by atoms with van der Waals surface area (Å²) in [5.41, 5.74) is 0.851. The number of hydrogen-bond acceptors (Lipinski definition) is 4. The van der Waals surface area contributed by atoms with E-state index in [1.807, 2.05) is 24.3 Å². The highest BCUT2D eigenvalue weighted by Gasteiger charge is 2.22. The van der Waals surface area contributed by atoms with Gasteiger partial charge < -0.3 is 10.1 Å². The Morgan fingerprint density at radius 3 is 2.45 bits per heavy atom. The van der Waals surface area contributed by atoms with Gasteiger partial charge in [0, 0.05) is 11.2 Å². The monoisotopic (exact) mass is 418 g/mol. The van der Waals surface area contributed by atoms with Crippen molar-refractivity contribution in [2.75, 3.05) is 11.9 Å². The first-order valence-corrected chi connectivity index (χ1v) is 11.2. The quantitative estimate of drug-likeness (QED) is 0.670. The maximum atomic E-state index is 12.5. The molecule has 0 saturated heterocycles. The maximum absolute atomic E-state index is 12.5. The fraction of sp³-hybridized carbons (Fsp3) is 0.409. The van der Waals surface area contributed by atoms with E-state index < -0.39 is 15.6 Å². The standard InChI is InChI=1S/C22H30N2O4S/c1-6-16(2)19-12-7-8-13-20(19)28-15-21(25)23-17-10-9-11-18(14-17)29(26,27)24-22(3,4)5/h7-14,16,24H,6,15H2,1-5H3,(H,23,25). The first-order valence-electron chi connectivity index (χ1n) is 9.67. The summed E-state index contributed by atoms with van der Waals surface area (Å²) in [7, 11) is -3.68. The number of carbonyl (C=O) groups excluding carboxylic acids is 1. The lowest BCUT2D eigenvalue weighted by Gasteiger charge is -2.20. The molecule has 0 radical (unpaired) electrons.